The Labute approximate surface area is 143 Å². The molecule has 118 valence electrons. The lowest BCUT2D eigenvalue weighted by molar-refractivity contribution is -0.384. The molecule has 0 radical (unpaired) electrons. The van der Waals surface area contributed by atoms with Gasteiger partial charge in [0.05, 0.1) is 11.1 Å². The number of halogens is 2. The topological polar surface area (TPSA) is 105 Å². The molecule has 0 bridgehead atoms. The van der Waals surface area contributed by atoms with Crippen LogP contribution in [0.25, 0.3) is 0 Å². The Morgan fingerprint density at radius 1 is 1.35 bits per heavy atom. The Hall–Kier alpha value is -2.45. The molecule has 1 amide bonds. The molecule has 23 heavy (non-hydrogen) atoms. The van der Waals surface area contributed by atoms with Gasteiger partial charge in [0.25, 0.3) is 11.6 Å². The van der Waals surface area contributed by atoms with Crippen LogP contribution in [-0.4, -0.2) is 22.2 Å². The van der Waals surface area contributed by atoms with Crippen LogP contribution in [0.2, 0.25) is 5.02 Å². The van der Waals surface area contributed by atoms with E-state index in [0.29, 0.717) is 5.56 Å². The zero-order valence-electron chi connectivity index (χ0n) is 11.4. The first kappa shape index (κ1) is 16.9. The SMILES string of the molecule is O=C(NN=Cc1cc(Br)ccc1O)c1ccc(Cl)c([N+](=O)[O-])c1. The number of hydrogen-bond acceptors (Lipinski definition) is 5. The molecule has 2 N–H and O–H groups in total. The number of nitro groups is 1. The summed E-state index contributed by atoms with van der Waals surface area (Å²) in [6.45, 7) is 0. The van der Waals surface area contributed by atoms with E-state index >= 15 is 0 Å². The molecule has 0 aliphatic rings. The van der Waals surface area contributed by atoms with E-state index in [4.69, 9.17) is 11.6 Å². The van der Waals surface area contributed by atoms with Gasteiger partial charge < -0.3 is 5.11 Å². The van der Waals surface area contributed by atoms with Gasteiger partial charge in [-0.1, -0.05) is 27.5 Å². The highest BCUT2D eigenvalue weighted by Crippen LogP contribution is 2.25. The lowest BCUT2D eigenvalue weighted by atomic mass is 10.2. The van der Waals surface area contributed by atoms with Gasteiger partial charge in [-0.15, -0.1) is 0 Å². The third-order valence-corrected chi connectivity index (χ3v) is 3.58. The molecular formula is C14H9BrClN3O4. The molecule has 2 rings (SSSR count). The number of hydrogen-bond donors (Lipinski definition) is 2. The van der Waals surface area contributed by atoms with Crippen molar-refractivity contribution in [2.45, 2.75) is 0 Å². The normalized spacial score (nSPS) is 10.7. The van der Waals surface area contributed by atoms with Crippen molar-refractivity contribution < 1.29 is 14.8 Å². The van der Waals surface area contributed by atoms with Gasteiger partial charge in [0.1, 0.15) is 10.8 Å². The minimum absolute atomic E-state index is 0.00618. The quantitative estimate of drug-likeness (QED) is 0.467. The van der Waals surface area contributed by atoms with E-state index in [1.54, 1.807) is 12.1 Å². The molecule has 0 spiro atoms. The molecule has 0 saturated carbocycles. The Morgan fingerprint density at radius 3 is 2.78 bits per heavy atom. The molecule has 0 aliphatic heterocycles. The second kappa shape index (κ2) is 7.21. The van der Waals surface area contributed by atoms with Gasteiger partial charge in [-0.25, -0.2) is 5.43 Å². The van der Waals surface area contributed by atoms with E-state index in [1.165, 1.54) is 24.4 Å². The molecule has 0 fully saturated rings. The number of phenols is 1. The van der Waals surface area contributed by atoms with Crippen molar-refractivity contribution in [3.05, 3.63) is 67.1 Å². The highest BCUT2D eigenvalue weighted by molar-refractivity contribution is 9.10. The Balaban J connectivity index is 2.13. The number of rotatable bonds is 4. The van der Waals surface area contributed by atoms with Crippen LogP contribution in [-0.2, 0) is 0 Å². The van der Waals surface area contributed by atoms with Crippen LogP contribution >= 0.6 is 27.5 Å². The number of amides is 1. The summed E-state index contributed by atoms with van der Waals surface area (Å²) in [6.07, 6.45) is 1.25. The number of benzene rings is 2. The number of nitrogens with one attached hydrogen (secondary N) is 1. The summed E-state index contributed by atoms with van der Waals surface area (Å²) in [6, 6.07) is 8.39. The summed E-state index contributed by atoms with van der Waals surface area (Å²) in [7, 11) is 0. The van der Waals surface area contributed by atoms with Crippen molar-refractivity contribution in [1.82, 2.24) is 5.43 Å². The second-order valence-corrected chi connectivity index (χ2v) is 5.65. The average Bonchev–Trinajstić information content (AvgIpc) is 2.50. The van der Waals surface area contributed by atoms with E-state index in [9.17, 15) is 20.0 Å². The Bertz CT molecular complexity index is 811. The maximum absolute atomic E-state index is 11.9. The zero-order chi connectivity index (χ0) is 17.0. The first-order chi connectivity index (χ1) is 10.9. The summed E-state index contributed by atoms with van der Waals surface area (Å²) in [5, 5.41) is 24.1. The van der Waals surface area contributed by atoms with Crippen molar-refractivity contribution in [2.24, 2.45) is 5.10 Å². The molecule has 2 aromatic carbocycles. The zero-order valence-corrected chi connectivity index (χ0v) is 13.7. The number of nitrogens with zero attached hydrogens (tertiary/aromatic N) is 2. The Kier molecular flexibility index (Phi) is 5.30. The smallest absolute Gasteiger partial charge is 0.288 e. The minimum Gasteiger partial charge on any atom is -0.507 e. The summed E-state index contributed by atoms with van der Waals surface area (Å²) in [5.74, 6) is -0.649. The van der Waals surface area contributed by atoms with Gasteiger partial charge in [0.2, 0.25) is 0 Å². The van der Waals surface area contributed by atoms with E-state index in [1.807, 2.05) is 0 Å². The first-order valence-electron chi connectivity index (χ1n) is 6.14. The maximum atomic E-state index is 11.9. The molecule has 0 heterocycles. The van der Waals surface area contributed by atoms with Gasteiger partial charge in [0, 0.05) is 21.7 Å². The highest BCUT2D eigenvalue weighted by atomic mass is 79.9. The van der Waals surface area contributed by atoms with Gasteiger partial charge in [-0.05, 0) is 30.3 Å². The monoisotopic (exact) mass is 397 g/mol. The molecule has 9 heteroatoms. The fourth-order valence-electron chi connectivity index (χ4n) is 1.65. The van der Waals surface area contributed by atoms with Crippen LogP contribution in [0, 0.1) is 10.1 Å². The summed E-state index contributed by atoms with van der Waals surface area (Å²) in [4.78, 5) is 22.0. The summed E-state index contributed by atoms with van der Waals surface area (Å²) in [5.41, 5.74) is 2.28. The van der Waals surface area contributed by atoms with Crippen LogP contribution in [0.1, 0.15) is 15.9 Å². The standard InChI is InChI=1S/C14H9BrClN3O4/c15-10-2-4-13(20)9(5-10)7-17-18-14(21)8-1-3-11(16)12(6-8)19(22)23/h1-7,20H,(H,18,21). The fraction of sp³-hybridized carbons (Fsp3) is 0. The van der Waals surface area contributed by atoms with Gasteiger partial charge in [-0.3, -0.25) is 14.9 Å². The number of nitro benzene ring substituents is 1. The summed E-state index contributed by atoms with van der Waals surface area (Å²) >= 11 is 8.92. The maximum Gasteiger partial charge on any atom is 0.288 e. The fourth-order valence-corrected chi connectivity index (χ4v) is 2.21. The van der Waals surface area contributed by atoms with Crippen molar-refractivity contribution in [2.75, 3.05) is 0 Å². The third-order valence-electron chi connectivity index (χ3n) is 2.76. The van der Waals surface area contributed by atoms with Gasteiger partial charge in [-0.2, -0.15) is 5.10 Å². The number of carbonyl (C=O) groups excluding carboxylic acids is 1. The highest BCUT2D eigenvalue weighted by Gasteiger charge is 2.15. The molecule has 0 aliphatic carbocycles. The van der Waals surface area contributed by atoms with E-state index < -0.39 is 10.8 Å². The molecule has 0 saturated heterocycles. The Morgan fingerprint density at radius 2 is 2.09 bits per heavy atom. The van der Waals surface area contributed by atoms with Crippen molar-refractivity contribution in [3.8, 4) is 5.75 Å². The average molecular weight is 399 g/mol. The third kappa shape index (κ3) is 4.27. The number of carbonyl (C=O) groups is 1. The van der Waals surface area contributed by atoms with Crippen molar-refractivity contribution in [1.29, 1.82) is 0 Å². The van der Waals surface area contributed by atoms with Crippen LogP contribution in [0.5, 0.6) is 5.75 Å². The van der Waals surface area contributed by atoms with Gasteiger partial charge >= 0.3 is 0 Å². The van der Waals surface area contributed by atoms with Crippen LogP contribution < -0.4 is 5.43 Å². The largest absolute Gasteiger partial charge is 0.507 e. The summed E-state index contributed by atoms with van der Waals surface area (Å²) < 4.78 is 0.733. The molecular weight excluding hydrogens is 390 g/mol. The number of phenolic OH excluding ortho intramolecular Hbond substituents is 1. The lowest BCUT2D eigenvalue weighted by Crippen LogP contribution is -2.17. The first-order valence-corrected chi connectivity index (χ1v) is 7.31. The predicted molar refractivity (Wildman–Crippen MR) is 89.0 cm³/mol. The van der Waals surface area contributed by atoms with Crippen molar-refractivity contribution >= 4 is 45.3 Å². The molecule has 0 unspecified atom stereocenters. The van der Waals surface area contributed by atoms with Crippen LogP contribution in [0.15, 0.2) is 46.0 Å². The van der Waals surface area contributed by atoms with Crippen LogP contribution in [0.4, 0.5) is 5.69 Å². The van der Waals surface area contributed by atoms with Crippen molar-refractivity contribution in [3.63, 3.8) is 0 Å². The molecule has 2 aromatic rings. The number of aromatic hydroxyl groups is 1. The second-order valence-electron chi connectivity index (χ2n) is 4.33. The molecule has 7 nitrogen and oxygen atoms in total. The predicted octanol–water partition coefficient (Wildman–Crippen LogP) is 3.48. The van der Waals surface area contributed by atoms with E-state index in [0.717, 1.165) is 10.5 Å². The van der Waals surface area contributed by atoms with E-state index in [2.05, 4.69) is 26.5 Å². The van der Waals surface area contributed by atoms with E-state index in [-0.39, 0.29) is 22.0 Å². The van der Waals surface area contributed by atoms with Gasteiger partial charge in [0.15, 0.2) is 0 Å². The van der Waals surface area contributed by atoms with Crippen LogP contribution in [0.3, 0.4) is 0 Å². The number of hydrazone groups is 1. The minimum atomic E-state index is -0.679. The molecule has 0 atom stereocenters. The molecule has 0 aromatic heterocycles. The lowest BCUT2D eigenvalue weighted by Gasteiger charge is -2.02.